The van der Waals surface area contributed by atoms with Crippen molar-refractivity contribution in [1.82, 2.24) is 9.88 Å². The summed E-state index contributed by atoms with van der Waals surface area (Å²) in [6.45, 7) is 2.04. The fourth-order valence-corrected chi connectivity index (χ4v) is 2.93. The van der Waals surface area contributed by atoms with Crippen molar-refractivity contribution in [3.05, 3.63) is 23.9 Å². The molecular formula is C16H20N2O5. The molecule has 1 aromatic rings. The number of aromatic nitrogens is 1. The lowest BCUT2D eigenvalue weighted by atomic mass is 9.98. The van der Waals surface area contributed by atoms with Crippen LogP contribution in [0.15, 0.2) is 18.3 Å². The van der Waals surface area contributed by atoms with Crippen LogP contribution in [0.25, 0.3) is 0 Å². The number of ether oxygens (including phenoxy) is 2. The molecule has 0 radical (unpaired) electrons. The number of rotatable bonds is 4. The van der Waals surface area contributed by atoms with E-state index >= 15 is 0 Å². The van der Waals surface area contributed by atoms with Crippen LogP contribution in [-0.4, -0.2) is 59.3 Å². The molecule has 3 heterocycles. The Kier molecular flexibility index (Phi) is 4.76. The number of piperidine rings is 1. The number of carbonyl (C=O) groups excluding carboxylic acids is 1. The Hall–Kier alpha value is -2.15. The zero-order chi connectivity index (χ0) is 16.2. The molecule has 0 spiro atoms. The molecule has 2 aliphatic rings. The Bertz CT molecular complexity index is 586. The first-order valence-corrected chi connectivity index (χ1v) is 7.86. The summed E-state index contributed by atoms with van der Waals surface area (Å²) in [5, 5.41) is 9.13. The Morgan fingerprint density at radius 3 is 3.00 bits per heavy atom. The molecule has 0 aromatic carbocycles. The Balaban J connectivity index is 1.67. The molecule has 23 heavy (non-hydrogen) atoms. The van der Waals surface area contributed by atoms with Crippen molar-refractivity contribution < 1.29 is 24.2 Å². The van der Waals surface area contributed by atoms with Gasteiger partial charge in [0.25, 0.3) is 5.91 Å². The number of likely N-dealkylation sites (tertiary alicyclic amines) is 1. The van der Waals surface area contributed by atoms with E-state index in [9.17, 15) is 9.59 Å². The van der Waals surface area contributed by atoms with Crippen LogP contribution in [0.5, 0.6) is 5.88 Å². The van der Waals surface area contributed by atoms with Gasteiger partial charge in [-0.15, -0.1) is 0 Å². The van der Waals surface area contributed by atoms with Crippen LogP contribution in [0, 0.1) is 5.92 Å². The first-order chi connectivity index (χ1) is 11.1. The number of amides is 1. The molecule has 1 N–H and O–H groups in total. The number of hydrogen-bond donors (Lipinski definition) is 1. The number of carboxylic acid groups (broad SMARTS) is 1. The number of carboxylic acids is 1. The summed E-state index contributed by atoms with van der Waals surface area (Å²) in [6, 6.07) is 3.25. The van der Waals surface area contributed by atoms with Crippen LogP contribution in [0.3, 0.4) is 0 Å². The van der Waals surface area contributed by atoms with Crippen LogP contribution in [0.4, 0.5) is 0 Å². The van der Waals surface area contributed by atoms with E-state index in [-0.39, 0.29) is 18.6 Å². The van der Waals surface area contributed by atoms with Crippen molar-refractivity contribution >= 4 is 11.9 Å². The third-order valence-corrected chi connectivity index (χ3v) is 4.21. The highest BCUT2D eigenvalue weighted by Crippen LogP contribution is 2.21. The SMILES string of the molecule is O=C(O)[C@H]1CCCN(C(=O)c2ccnc(OC3CCOC3)c2)C1. The average molecular weight is 320 g/mol. The third-order valence-electron chi connectivity index (χ3n) is 4.21. The smallest absolute Gasteiger partial charge is 0.308 e. The summed E-state index contributed by atoms with van der Waals surface area (Å²) < 4.78 is 11.0. The molecule has 1 aromatic heterocycles. The fraction of sp³-hybridized carbons (Fsp3) is 0.562. The van der Waals surface area contributed by atoms with Gasteiger partial charge >= 0.3 is 5.97 Å². The lowest BCUT2D eigenvalue weighted by Gasteiger charge is -2.30. The normalized spacial score (nSPS) is 24.4. The number of pyridine rings is 1. The maximum atomic E-state index is 12.6. The van der Waals surface area contributed by atoms with E-state index in [0.29, 0.717) is 44.0 Å². The van der Waals surface area contributed by atoms with Gasteiger partial charge in [-0.2, -0.15) is 0 Å². The van der Waals surface area contributed by atoms with Crippen LogP contribution in [0.1, 0.15) is 29.6 Å². The number of nitrogens with zero attached hydrogens (tertiary/aromatic N) is 2. The van der Waals surface area contributed by atoms with Crippen molar-refractivity contribution in [2.24, 2.45) is 5.92 Å². The Morgan fingerprint density at radius 2 is 2.26 bits per heavy atom. The van der Waals surface area contributed by atoms with Gasteiger partial charge in [-0.05, 0) is 18.9 Å². The van der Waals surface area contributed by atoms with E-state index in [1.165, 1.54) is 6.20 Å². The van der Waals surface area contributed by atoms with Gasteiger partial charge in [-0.3, -0.25) is 9.59 Å². The summed E-state index contributed by atoms with van der Waals surface area (Å²) in [7, 11) is 0. The molecular weight excluding hydrogens is 300 g/mol. The molecule has 2 atom stereocenters. The molecule has 1 amide bonds. The molecule has 7 nitrogen and oxygen atoms in total. The van der Waals surface area contributed by atoms with Gasteiger partial charge in [0.1, 0.15) is 6.10 Å². The van der Waals surface area contributed by atoms with Gasteiger partial charge in [0.05, 0.1) is 19.1 Å². The predicted molar refractivity (Wildman–Crippen MR) is 80.4 cm³/mol. The summed E-state index contributed by atoms with van der Waals surface area (Å²) in [5.74, 6) is -1.10. The quantitative estimate of drug-likeness (QED) is 0.896. The molecule has 0 aliphatic carbocycles. The first kappa shape index (κ1) is 15.7. The maximum Gasteiger partial charge on any atom is 0.308 e. The van der Waals surface area contributed by atoms with Crippen molar-refractivity contribution in [1.29, 1.82) is 0 Å². The monoisotopic (exact) mass is 320 g/mol. The zero-order valence-electron chi connectivity index (χ0n) is 12.8. The maximum absolute atomic E-state index is 12.6. The average Bonchev–Trinajstić information content (AvgIpc) is 3.07. The van der Waals surface area contributed by atoms with Crippen LogP contribution >= 0.6 is 0 Å². The minimum Gasteiger partial charge on any atom is -0.481 e. The van der Waals surface area contributed by atoms with Gasteiger partial charge in [-0.25, -0.2) is 4.98 Å². The Morgan fingerprint density at radius 1 is 1.39 bits per heavy atom. The molecule has 0 bridgehead atoms. The van der Waals surface area contributed by atoms with E-state index in [1.807, 2.05) is 0 Å². The second kappa shape index (κ2) is 6.95. The largest absolute Gasteiger partial charge is 0.481 e. The zero-order valence-corrected chi connectivity index (χ0v) is 12.8. The minimum absolute atomic E-state index is 0.0285. The fourth-order valence-electron chi connectivity index (χ4n) is 2.93. The lowest BCUT2D eigenvalue weighted by molar-refractivity contribution is -0.143. The lowest BCUT2D eigenvalue weighted by Crippen LogP contribution is -2.42. The molecule has 0 saturated carbocycles. The van der Waals surface area contributed by atoms with Gasteiger partial charge in [0.2, 0.25) is 5.88 Å². The van der Waals surface area contributed by atoms with E-state index in [4.69, 9.17) is 14.6 Å². The molecule has 2 aliphatic heterocycles. The van der Waals surface area contributed by atoms with Crippen LogP contribution in [-0.2, 0) is 9.53 Å². The van der Waals surface area contributed by atoms with E-state index in [2.05, 4.69) is 4.98 Å². The number of carbonyl (C=O) groups is 2. The number of hydrogen-bond acceptors (Lipinski definition) is 5. The predicted octanol–water partition coefficient (Wildman–Crippen LogP) is 1.19. The van der Waals surface area contributed by atoms with Crippen molar-refractivity contribution in [3.8, 4) is 5.88 Å². The summed E-state index contributed by atoms with van der Waals surface area (Å²) in [6.07, 6.45) is 3.64. The highest BCUT2D eigenvalue weighted by Gasteiger charge is 2.29. The van der Waals surface area contributed by atoms with Crippen LogP contribution < -0.4 is 4.74 Å². The van der Waals surface area contributed by atoms with Gasteiger partial charge < -0.3 is 19.5 Å². The number of aliphatic carboxylic acids is 1. The van der Waals surface area contributed by atoms with E-state index < -0.39 is 11.9 Å². The van der Waals surface area contributed by atoms with Gasteiger partial charge in [0.15, 0.2) is 0 Å². The highest BCUT2D eigenvalue weighted by molar-refractivity contribution is 5.94. The Labute approximate surface area is 134 Å². The summed E-state index contributed by atoms with van der Waals surface area (Å²) in [5.41, 5.74) is 0.472. The molecule has 3 rings (SSSR count). The highest BCUT2D eigenvalue weighted by atomic mass is 16.5. The summed E-state index contributed by atoms with van der Waals surface area (Å²) in [4.78, 5) is 29.4. The molecule has 2 fully saturated rings. The first-order valence-electron chi connectivity index (χ1n) is 7.86. The molecule has 2 saturated heterocycles. The molecule has 7 heteroatoms. The van der Waals surface area contributed by atoms with Crippen molar-refractivity contribution in [2.75, 3.05) is 26.3 Å². The van der Waals surface area contributed by atoms with Crippen molar-refractivity contribution in [3.63, 3.8) is 0 Å². The summed E-state index contributed by atoms with van der Waals surface area (Å²) >= 11 is 0. The van der Waals surface area contributed by atoms with Crippen LogP contribution in [0.2, 0.25) is 0 Å². The van der Waals surface area contributed by atoms with Gasteiger partial charge in [-0.1, -0.05) is 0 Å². The van der Waals surface area contributed by atoms with E-state index in [1.54, 1.807) is 17.0 Å². The second-order valence-electron chi connectivity index (χ2n) is 5.91. The van der Waals surface area contributed by atoms with Gasteiger partial charge in [0, 0.05) is 37.3 Å². The minimum atomic E-state index is -0.845. The second-order valence-corrected chi connectivity index (χ2v) is 5.91. The molecule has 124 valence electrons. The topological polar surface area (TPSA) is 89.0 Å². The van der Waals surface area contributed by atoms with E-state index in [0.717, 1.165) is 6.42 Å². The standard InChI is InChI=1S/C16H20N2O5/c19-15(18-6-1-2-12(9-18)16(20)21)11-3-5-17-14(8-11)23-13-4-7-22-10-13/h3,5,8,12-13H,1-2,4,6-7,9-10H2,(H,20,21)/t12-,13?/m0/s1. The molecule has 1 unspecified atom stereocenters. The van der Waals surface area contributed by atoms with Crippen molar-refractivity contribution in [2.45, 2.75) is 25.4 Å². The third kappa shape index (κ3) is 3.79.